The highest BCUT2D eigenvalue weighted by Crippen LogP contribution is 2.21. The van der Waals surface area contributed by atoms with Gasteiger partial charge in [-0.2, -0.15) is 5.10 Å². The largest absolute Gasteiger partial charge is 0.454 e. The number of hydrogen-bond donors (Lipinski definition) is 1. The van der Waals surface area contributed by atoms with E-state index in [2.05, 4.69) is 5.10 Å². The van der Waals surface area contributed by atoms with E-state index < -0.39 is 0 Å². The molecule has 2 aromatic rings. The molecular formula is C12H15N3O. The lowest BCUT2D eigenvalue weighted by Gasteiger charge is -2.02. The lowest BCUT2D eigenvalue weighted by atomic mass is 10.2. The van der Waals surface area contributed by atoms with Crippen LogP contribution in [0.25, 0.3) is 0 Å². The van der Waals surface area contributed by atoms with Crippen molar-refractivity contribution in [3.05, 3.63) is 42.2 Å². The first-order chi connectivity index (χ1) is 7.78. The van der Waals surface area contributed by atoms with Gasteiger partial charge in [0.05, 0.1) is 18.9 Å². The summed E-state index contributed by atoms with van der Waals surface area (Å²) in [5.74, 6) is 1.56. The monoisotopic (exact) mass is 217 g/mol. The zero-order valence-electron chi connectivity index (χ0n) is 9.26. The Morgan fingerprint density at radius 2 is 2.25 bits per heavy atom. The van der Waals surface area contributed by atoms with Crippen LogP contribution in [-0.4, -0.2) is 16.3 Å². The average molecular weight is 217 g/mol. The fraction of sp³-hybridized carbons (Fsp3) is 0.250. The molecule has 2 N–H and O–H groups in total. The molecule has 0 fully saturated rings. The number of aromatic nitrogens is 2. The second-order valence-electron chi connectivity index (χ2n) is 3.65. The van der Waals surface area contributed by atoms with Crippen molar-refractivity contribution in [1.82, 2.24) is 9.78 Å². The maximum atomic E-state index is 5.66. The van der Waals surface area contributed by atoms with Crippen molar-refractivity contribution >= 4 is 0 Å². The third kappa shape index (κ3) is 2.61. The molecule has 16 heavy (non-hydrogen) atoms. The van der Waals surface area contributed by atoms with Crippen LogP contribution in [0.3, 0.4) is 0 Å². The molecule has 0 spiro atoms. The molecule has 1 aromatic heterocycles. The van der Waals surface area contributed by atoms with Crippen LogP contribution in [0.1, 0.15) is 5.56 Å². The molecule has 1 heterocycles. The maximum Gasteiger partial charge on any atom is 0.165 e. The van der Waals surface area contributed by atoms with Crippen LogP contribution in [-0.2, 0) is 6.54 Å². The van der Waals surface area contributed by atoms with Crippen LogP contribution in [0.15, 0.2) is 36.7 Å². The van der Waals surface area contributed by atoms with Crippen molar-refractivity contribution in [1.29, 1.82) is 0 Å². The van der Waals surface area contributed by atoms with Gasteiger partial charge < -0.3 is 10.5 Å². The maximum absolute atomic E-state index is 5.66. The van der Waals surface area contributed by atoms with Gasteiger partial charge in [-0.05, 0) is 24.6 Å². The van der Waals surface area contributed by atoms with E-state index in [1.165, 1.54) is 5.56 Å². The van der Waals surface area contributed by atoms with Gasteiger partial charge in [0, 0.05) is 6.54 Å². The van der Waals surface area contributed by atoms with Gasteiger partial charge in [0.15, 0.2) is 5.75 Å². The van der Waals surface area contributed by atoms with E-state index in [1.54, 1.807) is 10.9 Å². The quantitative estimate of drug-likeness (QED) is 0.851. The second-order valence-corrected chi connectivity index (χ2v) is 3.65. The number of nitrogens with zero attached hydrogens (tertiary/aromatic N) is 2. The molecule has 0 radical (unpaired) electrons. The molecular weight excluding hydrogens is 202 g/mol. The van der Waals surface area contributed by atoms with Crippen molar-refractivity contribution < 1.29 is 4.74 Å². The predicted octanol–water partition coefficient (Wildman–Crippen LogP) is 1.94. The first kappa shape index (κ1) is 10.7. The van der Waals surface area contributed by atoms with E-state index in [0.717, 1.165) is 11.5 Å². The smallest absolute Gasteiger partial charge is 0.165 e. The number of benzene rings is 1. The van der Waals surface area contributed by atoms with Crippen LogP contribution >= 0.6 is 0 Å². The Kier molecular flexibility index (Phi) is 3.22. The van der Waals surface area contributed by atoms with E-state index in [4.69, 9.17) is 10.5 Å². The van der Waals surface area contributed by atoms with Crippen LogP contribution in [0, 0.1) is 6.92 Å². The van der Waals surface area contributed by atoms with Crippen molar-refractivity contribution in [2.45, 2.75) is 13.5 Å². The lowest BCUT2D eigenvalue weighted by Crippen LogP contribution is -2.09. The average Bonchev–Trinajstić information content (AvgIpc) is 2.66. The van der Waals surface area contributed by atoms with Gasteiger partial charge in [-0.3, -0.25) is 4.68 Å². The summed E-state index contributed by atoms with van der Waals surface area (Å²) >= 11 is 0. The van der Waals surface area contributed by atoms with Crippen LogP contribution in [0.4, 0.5) is 0 Å². The summed E-state index contributed by atoms with van der Waals surface area (Å²) in [5.41, 5.74) is 6.61. The van der Waals surface area contributed by atoms with Crippen LogP contribution in [0.5, 0.6) is 11.5 Å². The van der Waals surface area contributed by atoms with Gasteiger partial charge in [0.2, 0.25) is 0 Å². The minimum atomic E-state index is 0.575. The van der Waals surface area contributed by atoms with Crippen molar-refractivity contribution in [2.24, 2.45) is 5.73 Å². The van der Waals surface area contributed by atoms with Gasteiger partial charge in [0.1, 0.15) is 5.75 Å². The van der Waals surface area contributed by atoms with Crippen molar-refractivity contribution in [3.63, 3.8) is 0 Å². The summed E-state index contributed by atoms with van der Waals surface area (Å²) in [7, 11) is 0. The molecule has 0 aliphatic rings. The van der Waals surface area contributed by atoms with Crippen molar-refractivity contribution in [2.75, 3.05) is 6.54 Å². The highest BCUT2D eigenvalue weighted by molar-refractivity contribution is 5.31. The minimum absolute atomic E-state index is 0.575. The zero-order chi connectivity index (χ0) is 11.4. The molecule has 1 aromatic carbocycles. The molecule has 4 nitrogen and oxygen atoms in total. The zero-order valence-corrected chi connectivity index (χ0v) is 9.26. The Morgan fingerprint density at radius 3 is 3.00 bits per heavy atom. The highest BCUT2D eigenvalue weighted by atomic mass is 16.5. The van der Waals surface area contributed by atoms with Crippen LogP contribution < -0.4 is 10.5 Å². The van der Waals surface area contributed by atoms with E-state index in [-0.39, 0.29) is 0 Å². The second kappa shape index (κ2) is 4.81. The Hall–Kier alpha value is -1.81. The molecule has 0 saturated carbocycles. The lowest BCUT2D eigenvalue weighted by molar-refractivity contribution is 0.480. The number of nitrogens with two attached hydrogens (primary N) is 1. The fourth-order valence-electron chi connectivity index (χ4n) is 1.47. The normalized spacial score (nSPS) is 10.4. The Bertz CT molecular complexity index is 465. The Labute approximate surface area is 94.6 Å². The summed E-state index contributed by atoms with van der Waals surface area (Å²) in [6.45, 7) is 3.31. The number of hydrogen-bond acceptors (Lipinski definition) is 3. The predicted molar refractivity (Wildman–Crippen MR) is 62.5 cm³/mol. The summed E-state index contributed by atoms with van der Waals surface area (Å²) in [4.78, 5) is 0. The Balaban J connectivity index is 2.08. The standard InChI is InChI=1S/C12H15N3O/c1-10-3-2-4-11(7-10)16-12-8-14-15(9-12)6-5-13/h2-4,7-9H,5-6,13H2,1H3. The Morgan fingerprint density at radius 1 is 1.38 bits per heavy atom. The molecule has 0 unspecified atom stereocenters. The topological polar surface area (TPSA) is 53.1 Å². The minimum Gasteiger partial charge on any atom is -0.454 e. The molecule has 0 amide bonds. The number of rotatable bonds is 4. The summed E-state index contributed by atoms with van der Waals surface area (Å²) in [6, 6.07) is 7.91. The third-order valence-electron chi connectivity index (χ3n) is 2.19. The molecule has 0 atom stereocenters. The van der Waals surface area contributed by atoms with E-state index in [1.807, 2.05) is 37.4 Å². The summed E-state index contributed by atoms with van der Waals surface area (Å²) in [6.07, 6.45) is 3.53. The van der Waals surface area contributed by atoms with E-state index >= 15 is 0 Å². The molecule has 0 aliphatic heterocycles. The van der Waals surface area contributed by atoms with Gasteiger partial charge in [-0.15, -0.1) is 0 Å². The van der Waals surface area contributed by atoms with Gasteiger partial charge in [-0.25, -0.2) is 0 Å². The molecule has 0 aliphatic carbocycles. The molecule has 2 rings (SSSR count). The first-order valence-electron chi connectivity index (χ1n) is 5.25. The number of ether oxygens (including phenoxy) is 1. The SMILES string of the molecule is Cc1cccc(Oc2cnn(CCN)c2)c1. The van der Waals surface area contributed by atoms with E-state index in [0.29, 0.717) is 13.1 Å². The summed E-state index contributed by atoms with van der Waals surface area (Å²) in [5, 5.41) is 4.14. The first-order valence-corrected chi connectivity index (χ1v) is 5.25. The molecule has 0 bridgehead atoms. The third-order valence-corrected chi connectivity index (χ3v) is 2.19. The van der Waals surface area contributed by atoms with Gasteiger partial charge in [-0.1, -0.05) is 12.1 Å². The van der Waals surface area contributed by atoms with E-state index in [9.17, 15) is 0 Å². The molecule has 0 saturated heterocycles. The highest BCUT2D eigenvalue weighted by Gasteiger charge is 2.00. The van der Waals surface area contributed by atoms with Gasteiger partial charge >= 0.3 is 0 Å². The van der Waals surface area contributed by atoms with Crippen LogP contribution in [0.2, 0.25) is 0 Å². The summed E-state index contributed by atoms with van der Waals surface area (Å²) < 4.78 is 7.43. The molecule has 84 valence electrons. The molecule has 4 heteroatoms. The fourth-order valence-corrected chi connectivity index (χ4v) is 1.47. The van der Waals surface area contributed by atoms with Gasteiger partial charge in [0.25, 0.3) is 0 Å². The van der Waals surface area contributed by atoms with Crippen molar-refractivity contribution in [3.8, 4) is 11.5 Å². The number of aryl methyl sites for hydroxylation is 1.